The second kappa shape index (κ2) is 9.94. The van der Waals surface area contributed by atoms with Crippen LogP contribution in [0.1, 0.15) is 16.7 Å². The lowest BCUT2D eigenvalue weighted by molar-refractivity contribution is 0.0341. The molecular weight excluding hydrogens is 326 g/mol. The van der Waals surface area contributed by atoms with Gasteiger partial charge < -0.3 is 15.4 Å². The lowest BCUT2D eigenvalue weighted by atomic mass is 10.1. The molecule has 5 heteroatoms. The molecule has 0 aliphatic carbocycles. The standard InChI is InChI=1S/C21H27N3O2/c25-21(22-11-10-18-6-2-1-3-7-18)23-16-19-8-4-5-9-20(19)17-24-12-14-26-15-13-24/h1-9H,10-17H2,(H2,22,23,25). The van der Waals surface area contributed by atoms with Crippen LogP contribution < -0.4 is 10.6 Å². The minimum Gasteiger partial charge on any atom is -0.379 e. The Morgan fingerprint density at radius 3 is 2.38 bits per heavy atom. The monoisotopic (exact) mass is 353 g/mol. The summed E-state index contributed by atoms with van der Waals surface area (Å²) in [5, 5.41) is 5.89. The van der Waals surface area contributed by atoms with Gasteiger partial charge in [0.25, 0.3) is 0 Å². The minimum absolute atomic E-state index is 0.123. The third-order valence-electron chi connectivity index (χ3n) is 4.60. The van der Waals surface area contributed by atoms with Crippen LogP contribution in [-0.4, -0.2) is 43.8 Å². The molecule has 0 saturated carbocycles. The van der Waals surface area contributed by atoms with Gasteiger partial charge in [0.1, 0.15) is 0 Å². The zero-order valence-corrected chi connectivity index (χ0v) is 15.1. The highest BCUT2D eigenvalue weighted by Gasteiger charge is 2.12. The van der Waals surface area contributed by atoms with E-state index in [4.69, 9.17) is 4.74 Å². The van der Waals surface area contributed by atoms with Crippen LogP contribution in [0.15, 0.2) is 54.6 Å². The third-order valence-corrected chi connectivity index (χ3v) is 4.60. The SMILES string of the molecule is O=C(NCCc1ccccc1)NCc1ccccc1CN1CCOCC1. The molecule has 5 nitrogen and oxygen atoms in total. The largest absolute Gasteiger partial charge is 0.379 e. The summed E-state index contributed by atoms with van der Waals surface area (Å²) >= 11 is 0. The fourth-order valence-corrected chi connectivity index (χ4v) is 3.09. The van der Waals surface area contributed by atoms with Crippen LogP contribution in [0.3, 0.4) is 0 Å². The highest BCUT2D eigenvalue weighted by Crippen LogP contribution is 2.13. The van der Waals surface area contributed by atoms with Gasteiger partial charge in [0.2, 0.25) is 0 Å². The van der Waals surface area contributed by atoms with E-state index in [1.807, 2.05) is 24.3 Å². The number of ether oxygens (including phenoxy) is 1. The van der Waals surface area contributed by atoms with Crippen molar-refractivity contribution in [2.75, 3.05) is 32.8 Å². The van der Waals surface area contributed by atoms with Gasteiger partial charge in [0.15, 0.2) is 0 Å². The van der Waals surface area contributed by atoms with Gasteiger partial charge in [-0.2, -0.15) is 0 Å². The topological polar surface area (TPSA) is 53.6 Å². The number of amides is 2. The predicted octanol–water partition coefficient (Wildman–Crippen LogP) is 2.56. The van der Waals surface area contributed by atoms with Gasteiger partial charge >= 0.3 is 6.03 Å². The van der Waals surface area contributed by atoms with Gasteiger partial charge in [-0.15, -0.1) is 0 Å². The maximum atomic E-state index is 12.1. The third kappa shape index (κ3) is 5.86. The Kier molecular flexibility index (Phi) is 7.05. The first-order valence-corrected chi connectivity index (χ1v) is 9.24. The molecule has 1 aliphatic heterocycles. The van der Waals surface area contributed by atoms with Gasteiger partial charge in [-0.25, -0.2) is 4.79 Å². The molecule has 1 heterocycles. The van der Waals surface area contributed by atoms with Crippen molar-refractivity contribution in [1.82, 2.24) is 15.5 Å². The molecule has 26 heavy (non-hydrogen) atoms. The second-order valence-electron chi connectivity index (χ2n) is 6.50. The molecule has 0 spiro atoms. The van der Waals surface area contributed by atoms with E-state index in [1.54, 1.807) is 0 Å². The van der Waals surface area contributed by atoms with E-state index in [0.29, 0.717) is 13.1 Å². The highest BCUT2D eigenvalue weighted by molar-refractivity contribution is 5.73. The summed E-state index contributed by atoms with van der Waals surface area (Å²) in [7, 11) is 0. The van der Waals surface area contributed by atoms with Crippen molar-refractivity contribution in [3.05, 3.63) is 71.3 Å². The van der Waals surface area contributed by atoms with E-state index < -0.39 is 0 Å². The molecule has 1 saturated heterocycles. The summed E-state index contributed by atoms with van der Waals surface area (Å²) in [6.45, 7) is 5.58. The van der Waals surface area contributed by atoms with E-state index in [9.17, 15) is 4.79 Å². The van der Waals surface area contributed by atoms with Crippen LogP contribution in [-0.2, 0) is 24.2 Å². The van der Waals surface area contributed by atoms with Crippen molar-refractivity contribution in [3.8, 4) is 0 Å². The molecule has 2 aromatic carbocycles. The van der Waals surface area contributed by atoms with Gasteiger partial charge in [0.05, 0.1) is 13.2 Å². The van der Waals surface area contributed by atoms with Crippen molar-refractivity contribution in [3.63, 3.8) is 0 Å². The Labute approximate surface area is 155 Å². The minimum atomic E-state index is -0.123. The average molecular weight is 353 g/mol. The average Bonchev–Trinajstić information content (AvgIpc) is 2.69. The molecule has 2 N–H and O–H groups in total. The molecule has 138 valence electrons. The van der Waals surface area contributed by atoms with Crippen molar-refractivity contribution < 1.29 is 9.53 Å². The predicted molar refractivity (Wildman–Crippen MR) is 103 cm³/mol. The molecule has 1 aliphatic rings. The lowest BCUT2D eigenvalue weighted by Gasteiger charge is -2.27. The summed E-state index contributed by atoms with van der Waals surface area (Å²) in [6.07, 6.45) is 0.835. The zero-order valence-electron chi connectivity index (χ0n) is 15.1. The number of morpholine rings is 1. The number of nitrogens with zero attached hydrogens (tertiary/aromatic N) is 1. The van der Waals surface area contributed by atoms with E-state index in [-0.39, 0.29) is 6.03 Å². The summed E-state index contributed by atoms with van der Waals surface area (Å²) < 4.78 is 5.41. The van der Waals surface area contributed by atoms with Crippen molar-refractivity contribution in [1.29, 1.82) is 0 Å². The number of benzene rings is 2. The van der Waals surface area contributed by atoms with Gasteiger partial charge in [-0.1, -0.05) is 54.6 Å². The highest BCUT2D eigenvalue weighted by atomic mass is 16.5. The normalized spacial score (nSPS) is 14.8. The van der Waals surface area contributed by atoms with Gasteiger partial charge in [-0.05, 0) is 23.1 Å². The zero-order chi connectivity index (χ0) is 18.0. The first kappa shape index (κ1) is 18.4. The van der Waals surface area contributed by atoms with Crippen LogP contribution in [0.2, 0.25) is 0 Å². The molecule has 0 unspecified atom stereocenters. The summed E-state index contributed by atoms with van der Waals surface area (Å²) in [5.74, 6) is 0. The molecule has 3 rings (SSSR count). The van der Waals surface area contributed by atoms with Crippen LogP contribution in [0, 0.1) is 0 Å². The number of urea groups is 1. The van der Waals surface area contributed by atoms with Crippen molar-refractivity contribution in [2.24, 2.45) is 0 Å². The van der Waals surface area contributed by atoms with Crippen LogP contribution in [0.25, 0.3) is 0 Å². The molecule has 2 amide bonds. The molecule has 2 aromatic rings. The van der Waals surface area contributed by atoms with E-state index >= 15 is 0 Å². The van der Waals surface area contributed by atoms with E-state index in [0.717, 1.165) is 44.8 Å². The fourth-order valence-electron chi connectivity index (χ4n) is 3.09. The fraction of sp³-hybridized carbons (Fsp3) is 0.381. The molecule has 0 aromatic heterocycles. The Hall–Kier alpha value is -2.37. The Balaban J connectivity index is 1.44. The Morgan fingerprint density at radius 1 is 0.923 bits per heavy atom. The number of carbonyl (C=O) groups excluding carboxylic acids is 1. The first-order valence-electron chi connectivity index (χ1n) is 9.24. The van der Waals surface area contributed by atoms with Crippen molar-refractivity contribution >= 4 is 6.03 Å². The van der Waals surface area contributed by atoms with Crippen LogP contribution in [0.5, 0.6) is 0 Å². The molecule has 0 atom stereocenters. The van der Waals surface area contributed by atoms with Crippen LogP contribution >= 0.6 is 0 Å². The van der Waals surface area contributed by atoms with Gasteiger partial charge in [0, 0.05) is 32.7 Å². The lowest BCUT2D eigenvalue weighted by Crippen LogP contribution is -2.37. The number of nitrogens with one attached hydrogen (secondary N) is 2. The number of rotatable bonds is 7. The summed E-state index contributed by atoms with van der Waals surface area (Å²) in [5.41, 5.74) is 3.65. The summed E-state index contributed by atoms with van der Waals surface area (Å²) in [6, 6.07) is 18.3. The maximum absolute atomic E-state index is 12.1. The number of carbonyl (C=O) groups is 1. The number of hydrogen-bond donors (Lipinski definition) is 2. The molecule has 0 radical (unpaired) electrons. The molecule has 0 bridgehead atoms. The number of hydrogen-bond acceptors (Lipinski definition) is 3. The van der Waals surface area contributed by atoms with Crippen molar-refractivity contribution in [2.45, 2.75) is 19.5 Å². The Morgan fingerprint density at radius 2 is 1.62 bits per heavy atom. The van der Waals surface area contributed by atoms with Gasteiger partial charge in [-0.3, -0.25) is 4.90 Å². The first-order chi connectivity index (χ1) is 12.8. The second-order valence-corrected chi connectivity index (χ2v) is 6.50. The Bertz CT molecular complexity index is 685. The summed E-state index contributed by atoms with van der Waals surface area (Å²) in [4.78, 5) is 14.4. The maximum Gasteiger partial charge on any atom is 0.315 e. The van der Waals surface area contributed by atoms with E-state index in [2.05, 4.69) is 45.9 Å². The van der Waals surface area contributed by atoms with E-state index in [1.165, 1.54) is 11.1 Å². The molecular formula is C21H27N3O2. The smallest absolute Gasteiger partial charge is 0.315 e. The molecule has 1 fully saturated rings. The quantitative estimate of drug-likeness (QED) is 0.804. The van der Waals surface area contributed by atoms with Crippen LogP contribution in [0.4, 0.5) is 4.79 Å².